The Morgan fingerprint density at radius 2 is 2.11 bits per heavy atom. The molecule has 1 unspecified atom stereocenters. The van der Waals surface area contributed by atoms with Gasteiger partial charge in [0.25, 0.3) is 0 Å². The first kappa shape index (κ1) is 16.8. The molecule has 0 amide bonds. The van der Waals surface area contributed by atoms with Crippen LogP contribution in [0.3, 0.4) is 0 Å². The van der Waals surface area contributed by atoms with E-state index < -0.39 is 10.0 Å². The minimum absolute atomic E-state index is 0.103. The first-order valence-corrected chi connectivity index (χ1v) is 8.92. The number of sulfonamides is 1. The van der Waals surface area contributed by atoms with Crippen molar-refractivity contribution in [1.82, 2.24) is 4.31 Å². The SMILES string of the molecule is CSCC(C)N(C)S(=O)(=O)c1ccc(Cl)c(CO)c1. The molecule has 19 heavy (non-hydrogen) atoms. The summed E-state index contributed by atoms with van der Waals surface area (Å²) >= 11 is 7.46. The molecule has 0 spiro atoms. The number of hydrogen-bond acceptors (Lipinski definition) is 4. The minimum atomic E-state index is -3.56. The van der Waals surface area contributed by atoms with Gasteiger partial charge in [-0.3, -0.25) is 0 Å². The van der Waals surface area contributed by atoms with E-state index in [4.69, 9.17) is 16.7 Å². The Balaban J connectivity index is 3.13. The number of rotatable bonds is 6. The molecule has 0 saturated heterocycles. The van der Waals surface area contributed by atoms with Gasteiger partial charge in [0.05, 0.1) is 11.5 Å². The largest absolute Gasteiger partial charge is 0.392 e. The molecule has 108 valence electrons. The summed E-state index contributed by atoms with van der Waals surface area (Å²) < 4.78 is 26.2. The van der Waals surface area contributed by atoms with Gasteiger partial charge in [0.15, 0.2) is 0 Å². The van der Waals surface area contributed by atoms with Gasteiger partial charge in [-0.2, -0.15) is 16.1 Å². The van der Waals surface area contributed by atoms with Crippen LogP contribution in [0.4, 0.5) is 0 Å². The Labute approximate surface area is 123 Å². The Bertz CT molecular complexity index is 534. The molecular formula is C12H18ClNO3S2. The molecule has 0 bridgehead atoms. The normalized spacial score (nSPS) is 13.8. The molecule has 0 fully saturated rings. The minimum Gasteiger partial charge on any atom is -0.392 e. The van der Waals surface area contributed by atoms with Gasteiger partial charge in [-0.05, 0) is 36.9 Å². The number of aliphatic hydroxyl groups is 1. The number of aliphatic hydroxyl groups excluding tert-OH is 1. The average Bonchev–Trinajstić information content (AvgIpc) is 2.38. The van der Waals surface area contributed by atoms with Gasteiger partial charge in [0.2, 0.25) is 10.0 Å². The Morgan fingerprint density at radius 1 is 1.47 bits per heavy atom. The van der Waals surface area contributed by atoms with E-state index in [9.17, 15) is 8.42 Å². The molecule has 1 rings (SSSR count). The van der Waals surface area contributed by atoms with Crippen LogP contribution in [0.15, 0.2) is 23.1 Å². The maximum absolute atomic E-state index is 12.4. The van der Waals surface area contributed by atoms with Crippen LogP contribution >= 0.6 is 23.4 Å². The maximum Gasteiger partial charge on any atom is 0.243 e. The van der Waals surface area contributed by atoms with Crippen LogP contribution < -0.4 is 0 Å². The number of nitrogens with zero attached hydrogens (tertiary/aromatic N) is 1. The second-order valence-electron chi connectivity index (χ2n) is 4.24. The zero-order chi connectivity index (χ0) is 14.6. The van der Waals surface area contributed by atoms with E-state index in [-0.39, 0.29) is 17.5 Å². The lowest BCUT2D eigenvalue weighted by Crippen LogP contribution is -2.36. The highest BCUT2D eigenvalue weighted by Gasteiger charge is 2.25. The summed E-state index contributed by atoms with van der Waals surface area (Å²) in [7, 11) is -2.00. The smallest absolute Gasteiger partial charge is 0.243 e. The first-order valence-electron chi connectivity index (χ1n) is 5.70. The molecule has 0 saturated carbocycles. The van der Waals surface area contributed by atoms with E-state index in [2.05, 4.69) is 0 Å². The van der Waals surface area contributed by atoms with Gasteiger partial charge >= 0.3 is 0 Å². The van der Waals surface area contributed by atoms with Gasteiger partial charge < -0.3 is 5.11 Å². The Morgan fingerprint density at radius 3 is 2.63 bits per heavy atom. The molecule has 0 aliphatic rings. The molecule has 1 N–H and O–H groups in total. The van der Waals surface area contributed by atoms with Crippen molar-refractivity contribution < 1.29 is 13.5 Å². The van der Waals surface area contributed by atoms with Gasteiger partial charge in [0, 0.05) is 23.9 Å². The summed E-state index contributed by atoms with van der Waals surface area (Å²) in [5, 5.41) is 9.51. The van der Waals surface area contributed by atoms with E-state index in [1.807, 2.05) is 13.2 Å². The van der Waals surface area contributed by atoms with Gasteiger partial charge in [-0.1, -0.05) is 11.6 Å². The lowest BCUT2D eigenvalue weighted by atomic mass is 10.2. The van der Waals surface area contributed by atoms with E-state index >= 15 is 0 Å². The van der Waals surface area contributed by atoms with Crippen molar-refractivity contribution in [2.75, 3.05) is 19.1 Å². The van der Waals surface area contributed by atoms with Crippen molar-refractivity contribution in [2.24, 2.45) is 0 Å². The molecule has 1 aromatic carbocycles. The van der Waals surface area contributed by atoms with E-state index in [1.165, 1.54) is 22.5 Å². The molecule has 0 aromatic heterocycles. The van der Waals surface area contributed by atoms with Gasteiger partial charge in [0.1, 0.15) is 0 Å². The lowest BCUT2D eigenvalue weighted by Gasteiger charge is -2.24. The second-order valence-corrected chi connectivity index (χ2v) is 7.55. The summed E-state index contributed by atoms with van der Waals surface area (Å²) in [6, 6.07) is 4.26. The van der Waals surface area contributed by atoms with Crippen molar-refractivity contribution >= 4 is 33.4 Å². The summed E-state index contributed by atoms with van der Waals surface area (Å²) in [5.41, 5.74) is 0.411. The monoisotopic (exact) mass is 323 g/mol. The van der Waals surface area contributed by atoms with Crippen molar-refractivity contribution in [2.45, 2.75) is 24.5 Å². The molecule has 0 aliphatic heterocycles. The van der Waals surface area contributed by atoms with Crippen LogP contribution in [-0.4, -0.2) is 42.9 Å². The molecule has 0 radical (unpaired) electrons. The Kier molecular flexibility index (Phi) is 6.14. The van der Waals surface area contributed by atoms with Gasteiger partial charge in [-0.25, -0.2) is 8.42 Å². The predicted molar refractivity (Wildman–Crippen MR) is 80.2 cm³/mol. The highest BCUT2D eigenvalue weighted by atomic mass is 35.5. The van der Waals surface area contributed by atoms with Crippen LogP contribution in [0.5, 0.6) is 0 Å². The fourth-order valence-electron chi connectivity index (χ4n) is 1.58. The third kappa shape index (κ3) is 3.86. The third-order valence-electron chi connectivity index (χ3n) is 2.89. The van der Waals surface area contributed by atoms with E-state index in [1.54, 1.807) is 18.8 Å². The molecular weight excluding hydrogens is 306 g/mol. The number of halogens is 1. The first-order chi connectivity index (χ1) is 8.84. The maximum atomic E-state index is 12.4. The van der Waals surface area contributed by atoms with Crippen LogP contribution in [0, 0.1) is 0 Å². The summed E-state index contributed by atoms with van der Waals surface area (Å²) in [6.07, 6.45) is 1.93. The number of thioether (sulfide) groups is 1. The van der Waals surface area contributed by atoms with Crippen LogP contribution in [0.2, 0.25) is 5.02 Å². The van der Waals surface area contributed by atoms with Crippen LogP contribution in [-0.2, 0) is 16.6 Å². The lowest BCUT2D eigenvalue weighted by molar-refractivity contribution is 0.281. The zero-order valence-corrected chi connectivity index (χ0v) is 13.5. The summed E-state index contributed by atoms with van der Waals surface area (Å²) in [4.78, 5) is 0.149. The number of hydrogen-bond donors (Lipinski definition) is 1. The second kappa shape index (κ2) is 6.95. The fraction of sp³-hybridized carbons (Fsp3) is 0.500. The number of benzene rings is 1. The molecule has 4 nitrogen and oxygen atoms in total. The van der Waals surface area contributed by atoms with Crippen molar-refractivity contribution in [1.29, 1.82) is 0 Å². The third-order valence-corrected chi connectivity index (χ3v) is 6.05. The standard InChI is InChI=1S/C12H18ClNO3S2/c1-9(8-18-3)14(2)19(16,17)11-4-5-12(13)10(6-11)7-15/h4-6,9,15H,7-8H2,1-3H3. The Hall–Kier alpha value is -0.270. The highest BCUT2D eigenvalue weighted by Crippen LogP contribution is 2.23. The van der Waals surface area contributed by atoms with Crippen molar-refractivity contribution in [3.8, 4) is 0 Å². The topological polar surface area (TPSA) is 57.6 Å². The quantitative estimate of drug-likeness (QED) is 0.872. The zero-order valence-electron chi connectivity index (χ0n) is 11.1. The van der Waals surface area contributed by atoms with Crippen LogP contribution in [0.1, 0.15) is 12.5 Å². The molecule has 1 aromatic rings. The molecule has 7 heteroatoms. The van der Waals surface area contributed by atoms with Crippen molar-refractivity contribution in [3.63, 3.8) is 0 Å². The van der Waals surface area contributed by atoms with Crippen molar-refractivity contribution in [3.05, 3.63) is 28.8 Å². The van der Waals surface area contributed by atoms with Crippen LogP contribution in [0.25, 0.3) is 0 Å². The van der Waals surface area contributed by atoms with E-state index in [0.717, 1.165) is 5.75 Å². The molecule has 0 heterocycles. The fourth-order valence-corrected chi connectivity index (χ4v) is 3.97. The highest BCUT2D eigenvalue weighted by molar-refractivity contribution is 7.98. The average molecular weight is 324 g/mol. The van der Waals surface area contributed by atoms with E-state index in [0.29, 0.717) is 10.6 Å². The molecule has 1 atom stereocenters. The predicted octanol–water partition coefficient (Wildman–Crippen LogP) is 2.20. The van der Waals surface area contributed by atoms with Gasteiger partial charge in [-0.15, -0.1) is 0 Å². The molecule has 0 aliphatic carbocycles. The summed E-state index contributed by atoms with van der Waals surface area (Å²) in [6.45, 7) is 1.57. The summed E-state index contributed by atoms with van der Waals surface area (Å²) in [5.74, 6) is 0.718.